The Balaban J connectivity index is 1.25. The Labute approximate surface area is 560 Å². The van der Waals surface area contributed by atoms with Crippen molar-refractivity contribution < 1.29 is 72.5 Å². The number of para-hydroxylation sites is 1. The van der Waals surface area contributed by atoms with E-state index in [0.717, 1.165) is 16.7 Å². The van der Waals surface area contributed by atoms with Gasteiger partial charge in [-0.15, -0.1) is 0 Å². The number of hydrogen-bond donors (Lipinski definition) is 15. The zero-order valence-corrected chi connectivity index (χ0v) is 56.7. The van der Waals surface area contributed by atoms with Crippen molar-refractivity contribution >= 4 is 70.9 Å². The molecule has 1 aliphatic heterocycles. The van der Waals surface area contributed by atoms with E-state index in [-0.39, 0.29) is 19.3 Å². The van der Waals surface area contributed by atoms with Crippen molar-refractivity contribution in [1.82, 2.24) is 63.8 Å². The van der Waals surface area contributed by atoms with E-state index >= 15 is 0 Å². The molecule has 0 bridgehead atoms. The summed E-state index contributed by atoms with van der Waals surface area (Å²) in [6.07, 6.45) is 1.38. The summed E-state index contributed by atoms with van der Waals surface area (Å²) in [6.45, 7) is 14.5. The third-order valence-corrected chi connectivity index (χ3v) is 18.1. The van der Waals surface area contributed by atoms with Gasteiger partial charge in [0.25, 0.3) is 0 Å². The molecule has 28 heteroatoms. The molecule has 1 aliphatic carbocycles. The third kappa shape index (κ3) is 21.8. The maximum absolute atomic E-state index is 14.5. The van der Waals surface area contributed by atoms with E-state index in [2.05, 4.69) is 63.8 Å². The topological polar surface area (TPSA) is 425 Å². The van der Waals surface area contributed by atoms with Gasteiger partial charge in [0.2, 0.25) is 70.9 Å². The monoisotopic (exact) mass is 1340 g/mol. The Morgan fingerprint density at radius 3 is 1.49 bits per heavy atom. The number of amides is 12. The number of rotatable bonds is 33. The fourth-order valence-electron chi connectivity index (χ4n) is 10.6. The van der Waals surface area contributed by atoms with Gasteiger partial charge in [-0.3, -0.25) is 57.5 Å². The molecule has 5 rings (SSSR count). The van der Waals surface area contributed by atoms with Gasteiger partial charge in [-0.25, -0.2) is 0 Å². The molecule has 15 atom stereocenters. The zero-order valence-electron chi connectivity index (χ0n) is 56.7. The lowest BCUT2D eigenvalue weighted by Gasteiger charge is -2.32. The molecule has 1 saturated heterocycles. The Kier molecular flexibility index (Phi) is 29.7. The maximum atomic E-state index is 14.5. The van der Waals surface area contributed by atoms with Crippen molar-refractivity contribution in [3.63, 3.8) is 0 Å². The number of carbonyl (C=O) groups is 12. The van der Waals surface area contributed by atoms with Crippen LogP contribution in [-0.2, 0) is 64.0 Å². The summed E-state index contributed by atoms with van der Waals surface area (Å²) in [7, 11) is 1.60. The fraction of sp³-hybridized carbons (Fsp3) is 0.559. The number of aliphatic hydroxyl groups is 2. The molecule has 1 heterocycles. The average molecular weight is 1340 g/mol. The first-order valence-electron chi connectivity index (χ1n) is 33.0. The van der Waals surface area contributed by atoms with Crippen LogP contribution in [0.3, 0.4) is 0 Å². The van der Waals surface area contributed by atoms with Crippen molar-refractivity contribution in [3.05, 3.63) is 84.4 Å². The predicted molar refractivity (Wildman–Crippen MR) is 356 cm³/mol. The summed E-state index contributed by atoms with van der Waals surface area (Å²) in [4.78, 5) is 166. The lowest BCUT2D eigenvalue weighted by Crippen LogP contribution is -2.64. The normalized spacial score (nSPS) is 20.5. The van der Waals surface area contributed by atoms with Gasteiger partial charge in [-0.2, -0.15) is 0 Å². The minimum Gasteiger partial charge on any atom is -0.457 e. The molecule has 96 heavy (non-hydrogen) atoms. The highest BCUT2D eigenvalue weighted by atomic mass is 16.5. The summed E-state index contributed by atoms with van der Waals surface area (Å²) in [5, 5.41) is 52.7. The molecule has 0 aromatic heterocycles. The SMILES string of the molecule is CC[C@H](C)[C@H](NC(=O)[C@@H](Cc1ccc(-c2ccc(Oc3ccccc3)cc2)cc1)NC)C(=O)N[C@@H](CO)C(=O)N[C@H](CCC(N)=O)C(=O)N[C@@H](C(=O)N[C@H](C(=O)N[C@@H](CO)C(=O)N[C@H]1C(=O)N[C@@H](C)C(=O)NC2(CC2)C(=O)N[C@@H]([C@@H](C)CC)C(=O)N[C@H]1C)[C@@H](C)CC)[C@@H](C)CC. The number of benzene rings is 3. The molecule has 1 saturated carbocycles. The second kappa shape index (κ2) is 36.8. The van der Waals surface area contributed by atoms with E-state index < -0.39 is 193 Å². The molecule has 0 radical (unpaired) electrons. The largest absolute Gasteiger partial charge is 0.457 e. The highest BCUT2D eigenvalue weighted by Crippen LogP contribution is 2.36. The summed E-state index contributed by atoms with van der Waals surface area (Å²) in [5.41, 5.74) is 6.91. The number of hydrogen-bond acceptors (Lipinski definition) is 16. The van der Waals surface area contributed by atoms with Gasteiger partial charge in [0.1, 0.15) is 71.4 Å². The standard InChI is InChI=1S/C68H99N13O15/c1-12-36(5)52(77-59(87)48(70-11)33-42-21-23-43(24-22-42)44-25-27-46(28-26-44)96-45-19-17-16-18-20-45)63(91)74-49(34-82)60(88)73-47(29-30-51(69)84)58(86)76-54(38(7)14-3)65(93)78-53(37(6)13-2)64(92)75-50(35-83)61(89)79-56-40(9)71-62(90)55(39(8)15-4)80-67(95)68(31-32-68)81-57(85)41(10)72-66(56)94/h16-28,36-41,47-50,52-56,70,82-83H,12-15,29-35H2,1-11H3,(H2,69,84)(H,71,90)(H,72,94)(H,73,88)(H,74,91)(H,75,92)(H,76,86)(H,77,87)(H,78,93)(H,79,89)(H,80,95)(H,81,85)/t36-,37-,38-,39-,40-,41-,47+,48+,49-,50-,52-,53-,54+,55-,56+/m0/s1. The Morgan fingerprint density at radius 1 is 0.552 bits per heavy atom. The first kappa shape index (κ1) is 77.7. The molecule has 3 aromatic carbocycles. The minimum absolute atomic E-state index is 0.237. The van der Waals surface area contributed by atoms with Crippen LogP contribution in [0.1, 0.15) is 126 Å². The highest BCUT2D eigenvalue weighted by molar-refractivity contribution is 6.01. The van der Waals surface area contributed by atoms with Gasteiger partial charge in [0.05, 0.1) is 25.3 Å². The van der Waals surface area contributed by atoms with Gasteiger partial charge in [-0.05, 0) is 111 Å². The Hall–Kier alpha value is -9.02. The lowest BCUT2D eigenvalue weighted by atomic mass is 9.94. The number of likely N-dealkylation sites (N-methyl/N-ethyl adjacent to an activating group) is 1. The van der Waals surface area contributed by atoms with Gasteiger partial charge in [0.15, 0.2) is 0 Å². The molecular formula is C68H99N13O15. The quantitative estimate of drug-likeness (QED) is 0.0389. The van der Waals surface area contributed by atoms with Crippen molar-refractivity contribution in [2.75, 3.05) is 20.3 Å². The van der Waals surface area contributed by atoms with Gasteiger partial charge in [-0.1, -0.05) is 136 Å². The van der Waals surface area contributed by atoms with E-state index in [1.54, 1.807) is 55.5 Å². The van der Waals surface area contributed by atoms with Crippen LogP contribution >= 0.6 is 0 Å². The Morgan fingerprint density at radius 2 is 1.01 bits per heavy atom. The molecule has 2 aliphatic rings. The molecule has 2 fully saturated rings. The van der Waals surface area contributed by atoms with Crippen LogP contribution in [0, 0.1) is 23.7 Å². The number of nitrogens with two attached hydrogens (primary N) is 1. The zero-order chi connectivity index (χ0) is 71.1. The van der Waals surface area contributed by atoms with Crippen molar-refractivity contribution in [1.29, 1.82) is 0 Å². The third-order valence-electron chi connectivity index (χ3n) is 18.1. The fourth-order valence-corrected chi connectivity index (χ4v) is 10.6. The number of aliphatic hydroxyl groups excluding tert-OH is 2. The minimum atomic E-state index is -1.78. The smallest absolute Gasteiger partial charge is 0.246 e. The number of carbonyl (C=O) groups excluding carboxylic acids is 12. The molecule has 3 aromatic rings. The lowest BCUT2D eigenvalue weighted by molar-refractivity contribution is -0.138. The molecule has 526 valence electrons. The second-order valence-corrected chi connectivity index (χ2v) is 25.3. The molecule has 28 nitrogen and oxygen atoms in total. The maximum Gasteiger partial charge on any atom is 0.246 e. The van der Waals surface area contributed by atoms with E-state index in [1.807, 2.05) is 85.8 Å². The van der Waals surface area contributed by atoms with Gasteiger partial charge >= 0.3 is 0 Å². The van der Waals surface area contributed by atoms with Crippen LogP contribution < -0.4 is 74.3 Å². The van der Waals surface area contributed by atoms with Crippen LogP contribution in [0.2, 0.25) is 0 Å². The van der Waals surface area contributed by atoms with Crippen LogP contribution in [-0.4, -0.2) is 173 Å². The molecular weight excluding hydrogens is 1240 g/mol. The second-order valence-electron chi connectivity index (χ2n) is 25.3. The highest BCUT2D eigenvalue weighted by Gasteiger charge is 2.53. The van der Waals surface area contributed by atoms with E-state index in [4.69, 9.17) is 10.5 Å². The molecule has 16 N–H and O–H groups in total. The van der Waals surface area contributed by atoms with Crippen LogP contribution in [0.5, 0.6) is 11.5 Å². The number of ether oxygens (including phenoxy) is 1. The van der Waals surface area contributed by atoms with Crippen molar-refractivity contribution in [3.8, 4) is 22.6 Å². The van der Waals surface area contributed by atoms with Crippen LogP contribution in [0.25, 0.3) is 11.1 Å². The molecule has 0 unspecified atom stereocenters. The first-order chi connectivity index (χ1) is 45.6. The predicted octanol–water partition coefficient (Wildman–Crippen LogP) is 0.261. The summed E-state index contributed by atoms with van der Waals surface area (Å²) in [5.74, 6) is -11.0. The van der Waals surface area contributed by atoms with Crippen LogP contribution in [0.4, 0.5) is 0 Å². The molecule has 12 amide bonds. The van der Waals surface area contributed by atoms with Gasteiger partial charge in [0, 0.05) is 6.42 Å². The van der Waals surface area contributed by atoms with Crippen LogP contribution in [0.15, 0.2) is 78.9 Å². The summed E-state index contributed by atoms with van der Waals surface area (Å²) >= 11 is 0. The summed E-state index contributed by atoms with van der Waals surface area (Å²) in [6, 6.07) is 9.57. The average Bonchev–Trinajstić information content (AvgIpc) is 1.63. The van der Waals surface area contributed by atoms with Gasteiger partial charge < -0.3 is 84.5 Å². The van der Waals surface area contributed by atoms with E-state index in [9.17, 15) is 67.7 Å². The Bertz CT molecular complexity index is 3190. The van der Waals surface area contributed by atoms with Crippen molar-refractivity contribution in [2.45, 2.75) is 199 Å². The number of primary amides is 1. The number of nitrogens with one attached hydrogen (secondary N) is 12. The first-order valence-corrected chi connectivity index (χ1v) is 33.0. The van der Waals surface area contributed by atoms with Crippen molar-refractivity contribution in [2.24, 2.45) is 29.4 Å². The van der Waals surface area contributed by atoms with E-state index in [0.29, 0.717) is 37.2 Å². The summed E-state index contributed by atoms with van der Waals surface area (Å²) < 4.78 is 5.92. The molecule has 1 spiro atoms. The van der Waals surface area contributed by atoms with E-state index in [1.165, 1.54) is 13.8 Å².